The first kappa shape index (κ1) is 22.8. The van der Waals surface area contributed by atoms with Gasteiger partial charge in [0.05, 0.1) is 30.9 Å². The number of aliphatic hydroxyl groups excluding tert-OH is 1. The minimum absolute atomic E-state index is 0.178. The number of rotatable bonds is 8. The van der Waals surface area contributed by atoms with Gasteiger partial charge >= 0.3 is 0 Å². The van der Waals surface area contributed by atoms with Crippen molar-refractivity contribution in [1.29, 1.82) is 0 Å². The Morgan fingerprint density at radius 3 is 2.04 bits per heavy atom. The number of halogens is 1. The van der Waals surface area contributed by atoms with E-state index in [0.717, 1.165) is 18.7 Å². The molecular formula is C17H26ClNO4S. The van der Waals surface area contributed by atoms with E-state index < -0.39 is 16.2 Å². The highest BCUT2D eigenvalue weighted by Crippen LogP contribution is 2.08. The Hall–Kier alpha value is -1.18. The van der Waals surface area contributed by atoms with Crippen LogP contribution in [0.3, 0.4) is 0 Å². The Balaban J connectivity index is 0.000000446. The SMILES string of the molecule is C=CC[N+](C)(CC=C)CC(O)CCl.Cc1ccc(S(=O)(=O)[O-])cc1. The molecule has 0 aromatic heterocycles. The van der Waals surface area contributed by atoms with Gasteiger partial charge in [0.25, 0.3) is 0 Å². The number of benzene rings is 1. The predicted molar refractivity (Wildman–Crippen MR) is 97.0 cm³/mol. The fourth-order valence-corrected chi connectivity index (χ4v) is 2.68. The largest absolute Gasteiger partial charge is 0.744 e. The highest BCUT2D eigenvalue weighted by molar-refractivity contribution is 7.85. The number of likely N-dealkylation sites (N-methyl/N-ethyl adjacent to an activating group) is 1. The van der Waals surface area contributed by atoms with Crippen molar-refractivity contribution < 1.29 is 22.6 Å². The first-order valence-corrected chi connectivity index (χ1v) is 9.34. The molecule has 1 aromatic carbocycles. The number of aryl methyl sites for hydroxylation is 1. The summed E-state index contributed by atoms with van der Waals surface area (Å²) in [7, 11) is -2.21. The molecule has 0 spiro atoms. The van der Waals surface area contributed by atoms with E-state index in [0.29, 0.717) is 11.0 Å². The molecule has 1 aromatic rings. The second kappa shape index (κ2) is 10.6. The molecule has 136 valence electrons. The quantitative estimate of drug-likeness (QED) is 0.327. The van der Waals surface area contributed by atoms with E-state index in [9.17, 15) is 18.1 Å². The van der Waals surface area contributed by atoms with Crippen molar-refractivity contribution in [2.24, 2.45) is 0 Å². The Bertz CT molecular complexity index is 604. The maximum Gasteiger partial charge on any atom is 0.124 e. The lowest BCUT2D eigenvalue weighted by atomic mass is 10.2. The summed E-state index contributed by atoms with van der Waals surface area (Å²) < 4.78 is 31.9. The number of nitrogens with zero attached hydrogens (tertiary/aromatic N) is 1. The predicted octanol–water partition coefficient (Wildman–Crippen LogP) is 2.30. The third kappa shape index (κ3) is 9.20. The molecule has 0 aliphatic rings. The first-order valence-electron chi connectivity index (χ1n) is 7.40. The molecule has 0 heterocycles. The van der Waals surface area contributed by atoms with Gasteiger partial charge in [-0.15, -0.1) is 11.6 Å². The summed E-state index contributed by atoms with van der Waals surface area (Å²) in [4.78, 5) is -0.178. The van der Waals surface area contributed by atoms with Gasteiger partial charge in [0.15, 0.2) is 0 Å². The molecule has 24 heavy (non-hydrogen) atoms. The van der Waals surface area contributed by atoms with Crippen molar-refractivity contribution in [3.8, 4) is 0 Å². The van der Waals surface area contributed by atoms with Crippen molar-refractivity contribution >= 4 is 21.7 Å². The minimum atomic E-state index is -4.27. The van der Waals surface area contributed by atoms with Crippen molar-refractivity contribution in [3.05, 3.63) is 55.1 Å². The zero-order chi connectivity index (χ0) is 18.8. The van der Waals surface area contributed by atoms with Crippen LogP contribution in [0.15, 0.2) is 54.5 Å². The van der Waals surface area contributed by atoms with Gasteiger partial charge in [-0.1, -0.05) is 30.9 Å². The molecule has 0 fully saturated rings. The molecule has 0 aliphatic heterocycles. The zero-order valence-electron chi connectivity index (χ0n) is 14.2. The Morgan fingerprint density at radius 2 is 1.71 bits per heavy atom. The third-order valence-electron chi connectivity index (χ3n) is 3.28. The van der Waals surface area contributed by atoms with Gasteiger partial charge in [-0.2, -0.15) is 0 Å². The van der Waals surface area contributed by atoms with E-state index in [1.807, 2.05) is 19.1 Å². The smallest absolute Gasteiger partial charge is 0.124 e. The molecule has 1 rings (SSSR count). The normalized spacial score (nSPS) is 12.7. The van der Waals surface area contributed by atoms with Gasteiger partial charge in [-0.3, -0.25) is 0 Å². The van der Waals surface area contributed by atoms with Gasteiger partial charge in [-0.25, -0.2) is 8.42 Å². The lowest BCUT2D eigenvalue weighted by Crippen LogP contribution is -2.49. The maximum absolute atomic E-state index is 10.4. The Labute approximate surface area is 150 Å². The Kier molecular flexibility index (Phi) is 10.1. The molecular weight excluding hydrogens is 350 g/mol. The zero-order valence-corrected chi connectivity index (χ0v) is 15.8. The van der Waals surface area contributed by atoms with E-state index in [2.05, 4.69) is 20.2 Å². The van der Waals surface area contributed by atoms with Gasteiger partial charge < -0.3 is 14.1 Å². The van der Waals surface area contributed by atoms with E-state index in [4.69, 9.17) is 11.6 Å². The van der Waals surface area contributed by atoms with E-state index in [1.54, 1.807) is 12.1 Å². The Morgan fingerprint density at radius 1 is 1.25 bits per heavy atom. The molecule has 0 aliphatic carbocycles. The van der Waals surface area contributed by atoms with Crippen LogP contribution in [0.1, 0.15) is 5.56 Å². The fourth-order valence-electron chi connectivity index (χ4n) is 2.11. The molecule has 5 nitrogen and oxygen atoms in total. The van der Waals surface area contributed by atoms with Gasteiger partial charge in [-0.05, 0) is 31.2 Å². The summed E-state index contributed by atoms with van der Waals surface area (Å²) in [6.07, 6.45) is 3.25. The van der Waals surface area contributed by atoms with Gasteiger partial charge in [0.1, 0.15) is 22.8 Å². The number of hydrogen-bond acceptors (Lipinski definition) is 4. The molecule has 1 N–H and O–H groups in total. The van der Waals surface area contributed by atoms with Crippen LogP contribution in [-0.4, -0.2) is 61.2 Å². The second-order valence-electron chi connectivity index (χ2n) is 5.82. The lowest BCUT2D eigenvalue weighted by molar-refractivity contribution is -0.901. The van der Waals surface area contributed by atoms with Crippen LogP contribution in [0.5, 0.6) is 0 Å². The van der Waals surface area contributed by atoms with Gasteiger partial charge in [0.2, 0.25) is 0 Å². The van der Waals surface area contributed by atoms with Crippen molar-refractivity contribution in [2.75, 3.05) is 32.6 Å². The van der Waals surface area contributed by atoms with Crippen LogP contribution in [0, 0.1) is 6.92 Å². The number of quaternary nitrogens is 1. The van der Waals surface area contributed by atoms with Crippen LogP contribution in [0.4, 0.5) is 0 Å². The first-order chi connectivity index (χ1) is 11.1. The standard InChI is InChI=1S/C10H19ClNO.C7H8O3S/c1-4-6-12(3,7-5-2)9-10(13)8-11;1-6-2-4-7(5-3-6)11(8,9)10/h4-5,10,13H,1-2,6-9H2,3H3;2-5H,1H3,(H,8,9,10)/q+1;/p-1. The number of alkyl halides is 1. The number of aliphatic hydroxyl groups is 1. The molecule has 0 saturated heterocycles. The highest BCUT2D eigenvalue weighted by atomic mass is 35.5. The summed E-state index contributed by atoms with van der Waals surface area (Å²) in [6, 6.07) is 5.78. The average molecular weight is 376 g/mol. The third-order valence-corrected chi connectivity index (χ3v) is 4.48. The average Bonchev–Trinajstić information content (AvgIpc) is 2.47. The topological polar surface area (TPSA) is 77.4 Å². The summed E-state index contributed by atoms with van der Waals surface area (Å²) in [6.45, 7) is 11.5. The molecule has 1 unspecified atom stereocenters. The van der Waals surface area contributed by atoms with Crippen molar-refractivity contribution in [1.82, 2.24) is 0 Å². The van der Waals surface area contributed by atoms with Crippen molar-refractivity contribution in [2.45, 2.75) is 17.9 Å². The molecule has 0 amide bonds. The van der Waals surface area contributed by atoms with Crippen LogP contribution >= 0.6 is 11.6 Å². The summed E-state index contributed by atoms with van der Waals surface area (Å²) in [5.41, 5.74) is 0.928. The highest BCUT2D eigenvalue weighted by Gasteiger charge is 2.22. The van der Waals surface area contributed by atoms with Crippen LogP contribution < -0.4 is 0 Å². The maximum atomic E-state index is 10.4. The molecule has 0 saturated carbocycles. The van der Waals surface area contributed by atoms with Crippen LogP contribution in [0.25, 0.3) is 0 Å². The van der Waals surface area contributed by atoms with Crippen LogP contribution in [0.2, 0.25) is 0 Å². The van der Waals surface area contributed by atoms with E-state index in [1.165, 1.54) is 12.1 Å². The van der Waals surface area contributed by atoms with E-state index in [-0.39, 0.29) is 10.8 Å². The van der Waals surface area contributed by atoms with Gasteiger partial charge in [0, 0.05) is 0 Å². The minimum Gasteiger partial charge on any atom is -0.744 e. The summed E-state index contributed by atoms with van der Waals surface area (Å²) in [5.74, 6) is 0.280. The fraction of sp³-hybridized carbons (Fsp3) is 0.412. The number of hydrogen-bond donors (Lipinski definition) is 1. The molecule has 0 radical (unpaired) electrons. The molecule has 7 heteroatoms. The summed E-state index contributed by atoms with van der Waals surface area (Å²) >= 11 is 5.55. The van der Waals surface area contributed by atoms with E-state index >= 15 is 0 Å². The van der Waals surface area contributed by atoms with Crippen molar-refractivity contribution in [3.63, 3.8) is 0 Å². The second-order valence-corrected chi connectivity index (χ2v) is 7.51. The molecule has 0 bridgehead atoms. The summed E-state index contributed by atoms with van der Waals surface area (Å²) in [5, 5.41) is 9.43. The monoisotopic (exact) mass is 375 g/mol. The molecule has 1 atom stereocenters. The lowest BCUT2D eigenvalue weighted by Gasteiger charge is -2.33. The van der Waals surface area contributed by atoms with Crippen LogP contribution in [-0.2, 0) is 10.1 Å².